The molecule has 0 bridgehead atoms. The molecule has 176 valence electrons. The fourth-order valence-corrected chi connectivity index (χ4v) is 3.45. The minimum absolute atomic E-state index is 0.125. The molecule has 8 heteroatoms. The number of hydrogen-bond acceptors (Lipinski definition) is 6. The molecule has 0 saturated carbocycles. The molecule has 35 heavy (non-hydrogen) atoms. The highest BCUT2D eigenvalue weighted by molar-refractivity contribution is 5.96. The van der Waals surface area contributed by atoms with E-state index in [1.54, 1.807) is 35.2 Å². The van der Waals surface area contributed by atoms with Crippen LogP contribution in [-0.2, 0) is 19.1 Å². The number of ether oxygens (including phenoxy) is 1. The van der Waals surface area contributed by atoms with E-state index < -0.39 is 18.5 Å². The van der Waals surface area contributed by atoms with E-state index in [1.807, 2.05) is 54.6 Å². The van der Waals surface area contributed by atoms with Crippen molar-refractivity contribution in [3.8, 4) is 0 Å². The fourth-order valence-electron chi connectivity index (χ4n) is 3.45. The molecular formula is C27H24N4O4. The lowest BCUT2D eigenvalue weighted by molar-refractivity contribution is -0.142. The maximum Gasteiger partial charge on any atom is 0.331 e. The number of carbonyl (C=O) groups is 3. The van der Waals surface area contributed by atoms with Crippen molar-refractivity contribution < 1.29 is 19.1 Å². The summed E-state index contributed by atoms with van der Waals surface area (Å²) in [7, 11) is 0. The highest BCUT2D eigenvalue weighted by Gasteiger charge is 2.21. The van der Waals surface area contributed by atoms with Crippen molar-refractivity contribution in [1.29, 1.82) is 0 Å². The van der Waals surface area contributed by atoms with Crippen molar-refractivity contribution in [2.45, 2.75) is 12.8 Å². The maximum absolute atomic E-state index is 12.1. The zero-order valence-corrected chi connectivity index (χ0v) is 19.0. The van der Waals surface area contributed by atoms with Gasteiger partial charge in [-0.2, -0.15) is 10.2 Å². The van der Waals surface area contributed by atoms with Crippen molar-refractivity contribution in [3.05, 3.63) is 90.5 Å². The van der Waals surface area contributed by atoms with Crippen molar-refractivity contribution in [3.63, 3.8) is 0 Å². The smallest absolute Gasteiger partial charge is 0.331 e. The summed E-state index contributed by atoms with van der Waals surface area (Å²) >= 11 is 0. The van der Waals surface area contributed by atoms with Gasteiger partial charge < -0.3 is 15.0 Å². The lowest BCUT2D eigenvalue weighted by atomic mass is 10.2. The van der Waals surface area contributed by atoms with Gasteiger partial charge in [-0.15, -0.1) is 0 Å². The highest BCUT2D eigenvalue weighted by atomic mass is 16.5. The maximum atomic E-state index is 12.1. The Morgan fingerprint density at radius 3 is 2.26 bits per heavy atom. The number of esters is 1. The van der Waals surface area contributed by atoms with Gasteiger partial charge in [0, 0.05) is 30.4 Å². The van der Waals surface area contributed by atoms with Gasteiger partial charge in [0.25, 0.3) is 5.91 Å². The van der Waals surface area contributed by atoms with Gasteiger partial charge >= 0.3 is 5.97 Å². The fraction of sp³-hybridized carbons (Fsp3) is 0.148. The number of amides is 2. The van der Waals surface area contributed by atoms with Gasteiger partial charge in [-0.1, -0.05) is 30.3 Å². The Labute approximate surface area is 202 Å². The van der Waals surface area contributed by atoms with Crippen molar-refractivity contribution in [2.24, 2.45) is 10.2 Å². The molecule has 0 spiro atoms. The van der Waals surface area contributed by atoms with Gasteiger partial charge in [0.05, 0.1) is 11.4 Å². The average Bonchev–Trinajstić information content (AvgIpc) is 3.32. The Morgan fingerprint density at radius 1 is 0.914 bits per heavy atom. The van der Waals surface area contributed by atoms with E-state index in [0.29, 0.717) is 17.8 Å². The van der Waals surface area contributed by atoms with Crippen LogP contribution >= 0.6 is 0 Å². The van der Waals surface area contributed by atoms with Gasteiger partial charge in [-0.3, -0.25) is 9.59 Å². The van der Waals surface area contributed by atoms with Crippen LogP contribution in [0.2, 0.25) is 0 Å². The SMILES string of the molecule is O=C(COC(=O)/C=C/c1ccc(N2CCCC2=O)cc1)Nc1ccc(N=Nc2ccccc2)cc1. The molecular weight excluding hydrogens is 444 g/mol. The molecule has 8 nitrogen and oxygen atoms in total. The molecule has 3 aromatic carbocycles. The van der Waals surface area contributed by atoms with Crippen molar-refractivity contribution in [2.75, 3.05) is 23.4 Å². The lowest BCUT2D eigenvalue weighted by Crippen LogP contribution is -2.23. The molecule has 1 saturated heterocycles. The molecule has 0 unspecified atom stereocenters. The zero-order valence-electron chi connectivity index (χ0n) is 19.0. The summed E-state index contributed by atoms with van der Waals surface area (Å²) in [5, 5.41) is 11.0. The van der Waals surface area contributed by atoms with Crippen molar-refractivity contribution >= 4 is 46.6 Å². The first kappa shape index (κ1) is 23.6. The molecule has 1 aliphatic heterocycles. The number of anilines is 2. The van der Waals surface area contributed by atoms with Gasteiger partial charge in [-0.25, -0.2) is 4.79 Å². The first-order valence-electron chi connectivity index (χ1n) is 11.2. The second-order valence-corrected chi connectivity index (χ2v) is 7.81. The normalized spacial score (nSPS) is 13.5. The molecule has 0 atom stereocenters. The van der Waals surface area contributed by atoms with Gasteiger partial charge in [-0.05, 0) is 66.6 Å². The quantitative estimate of drug-likeness (QED) is 0.271. The Hall–Kier alpha value is -4.59. The summed E-state index contributed by atoms with van der Waals surface area (Å²) in [6, 6.07) is 23.5. The van der Waals surface area contributed by atoms with Crippen LogP contribution in [0.3, 0.4) is 0 Å². The largest absolute Gasteiger partial charge is 0.452 e. The standard InChI is InChI=1S/C27H24N4O4/c32-25(28-21-11-13-23(14-12-21)30-29-22-5-2-1-3-6-22)19-35-27(34)17-10-20-8-15-24(16-9-20)31-18-4-7-26(31)33/h1-3,5-6,8-17H,4,7,18-19H2,(H,28,32)/b17-10+,30-29?. The van der Waals surface area contributed by atoms with E-state index >= 15 is 0 Å². The highest BCUT2D eigenvalue weighted by Crippen LogP contribution is 2.22. The first-order chi connectivity index (χ1) is 17.1. The van der Waals surface area contributed by atoms with E-state index in [4.69, 9.17) is 4.74 Å². The summed E-state index contributed by atoms with van der Waals surface area (Å²) < 4.78 is 5.00. The summed E-state index contributed by atoms with van der Waals surface area (Å²) in [5.74, 6) is -0.958. The second kappa shape index (κ2) is 11.5. The summed E-state index contributed by atoms with van der Waals surface area (Å²) in [4.78, 5) is 37.6. The van der Waals surface area contributed by atoms with Crippen molar-refractivity contribution in [1.82, 2.24) is 0 Å². The molecule has 0 aliphatic carbocycles. The third-order valence-corrected chi connectivity index (χ3v) is 5.22. The van der Waals surface area contributed by atoms with E-state index in [-0.39, 0.29) is 5.91 Å². The second-order valence-electron chi connectivity index (χ2n) is 7.81. The monoisotopic (exact) mass is 468 g/mol. The van der Waals surface area contributed by atoms with E-state index in [0.717, 1.165) is 29.9 Å². The number of carbonyl (C=O) groups excluding carboxylic acids is 3. The molecule has 1 fully saturated rings. The zero-order chi connectivity index (χ0) is 24.5. The molecule has 1 heterocycles. The van der Waals surface area contributed by atoms with Crippen LogP contribution < -0.4 is 10.2 Å². The first-order valence-corrected chi connectivity index (χ1v) is 11.2. The topological polar surface area (TPSA) is 100 Å². The Morgan fingerprint density at radius 2 is 1.60 bits per heavy atom. The number of nitrogens with one attached hydrogen (secondary N) is 1. The summed E-state index contributed by atoms with van der Waals surface area (Å²) in [5.41, 5.74) is 3.57. The molecule has 2 amide bonds. The Bertz CT molecular complexity index is 1240. The number of nitrogens with zero attached hydrogens (tertiary/aromatic N) is 3. The summed E-state index contributed by atoms with van der Waals surface area (Å²) in [6.45, 7) is 0.320. The van der Waals surface area contributed by atoms with Crippen LogP contribution in [0.1, 0.15) is 18.4 Å². The minimum Gasteiger partial charge on any atom is -0.452 e. The molecule has 4 rings (SSSR count). The Balaban J connectivity index is 1.21. The van der Waals surface area contributed by atoms with Crippen LogP contribution in [0.5, 0.6) is 0 Å². The van der Waals surface area contributed by atoms with Gasteiger partial charge in [0.1, 0.15) is 0 Å². The van der Waals surface area contributed by atoms with Crippen LogP contribution in [0.4, 0.5) is 22.7 Å². The van der Waals surface area contributed by atoms with E-state index in [2.05, 4.69) is 15.5 Å². The number of hydrogen-bond donors (Lipinski definition) is 1. The van der Waals surface area contributed by atoms with Gasteiger partial charge in [0.15, 0.2) is 6.61 Å². The predicted molar refractivity (Wildman–Crippen MR) is 134 cm³/mol. The molecule has 0 aromatic heterocycles. The molecule has 1 N–H and O–H groups in total. The lowest BCUT2D eigenvalue weighted by Gasteiger charge is -2.15. The van der Waals surface area contributed by atoms with Crippen LogP contribution in [-0.4, -0.2) is 30.9 Å². The third kappa shape index (κ3) is 6.94. The van der Waals surface area contributed by atoms with E-state index in [1.165, 1.54) is 6.08 Å². The number of azo groups is 1. The number of rotatable bonds is 8. The minimum atomic E-state index is -0.629. The molecule has 0 radical (unpaired) electrons. The van der Waals surface area contributed by atoms with E-state index in [9.17, 15) is 14.4 Å². The molecule has 1 aliphatic rings. The average molecular weight is 469 g/mol. The Kier molecular flexibility index (Phi) is 7.75. The molecule has 3 aromatic rings. The van der Waals surface area contributed by atoms with Gasteiger partial charge in [0.2, 0.25) is 5.91 Å². The third-order valence-electron chi connectivity index (χ3n) is 5.22. The van der Waals surface area contributed by atoms with Crippen LogP contribution in [0.25, 0.3) is 6.08 Å². The van der Waals surface area contributed by atoms with Crippen LogP contribution in [0, 0.1) is 0 Å². The number of benzene rings is 3. The van der Waals surface area contributed by atoms with Crippen LogP contribution in [0.15, 0.2) is 95.2 Å². The summed E-state index contributed by atoms with van der Waals surface area (Å²) in [6.07, 6.45) is 4.30. The predicted octanol–water partition coefficient (Wildman–Crippen LogP) is 5.42.